The first-order chi connectivity index (χ1) is 8.58. The first-order valence-electron chi connectivity index (χ1n) is 5.45. The first-order valence-corrected chi connectivity index (χ1v) is 5.45. The molecular weight excluding hydrogens is 237 g/mol. The predicted octanol–water partition coefficient (Wildman–Crippen LogP) is 1.87. The third kappa shape index (κ3) is 2.53. The van der Waals surface area contributed by atoms with Crippen LogP contribution in [0.25, 0.3) is 11.4 Å². The SMILES string of the molecule is Cc1nnc(-c2ccc(F)cc2)n1CCC(=O)O. The number of carboxylic acid groups (broad SMARTS) is 1. The van der Waals surface area contributed by atoms with Gasteiger partial charge in [-0.25, -0.2) is 4.39 Å². The minimum atomic E-state index is -0.881. The number of carboxylic acids is 1. The van der Waals surface area contributed by atoms with Crippen molar-refractivity contribution in [2.75, 3.05) is 0 Å². The molecule has 18 heavy (non-hydrogen) atoms. The molecule has 0 bridgehead atoms. The lowest BCUT2D eigenvalue weighted by atomic mass is 10.2. The van der Waals surface area contributed by atoms with Gasteiger partial charge < -0.3 is 9.67 Å². The van der Waals surface area contributed by atoms with Gasteiger partial charge in [-0.15, -0.1) is 10.2 Å². The van der Waals surface area contributed by atoms with Gasteiger partial charge in [-0.1, -0.05) is 0 Å². The van der Waals surface area contributed by atoms with Gasteiger partial charge >= 0.3 is 5.97 Å². The van der Waals surface area contributed by atoms with E-state index in [-0.39, 0.29) is 12.2 Å². The van der Waals surface area contributed by atoms with Crippen LogP contribution in [-0.2, 0) is 11.3 Å². The summed E-state index contributed by atoms with van der Waals surface area (Å²) < 4.78 is 14.6. The fourth-order valence-electron chi connectivity index (χ4n) is 1.67. The Balaban J connectivity index is 2.33. The van der Waals surface area contributed by atoms with E-state index in [4.69, 9.17) is 5.11 Å². The fourth-order valence-corrected chi connectivity index (χ4v) is 1.67. The highest BCUT2D eigenvalue weighted by atomic mass is 19.1. The largest absolute Gasteiger partial charge is 0.481 e. The van der Waals surface area contributed by atoms with Gasteiger partial charge in [0.25, 0.3) is 0 Å². The number of aliphatic carboxylic acids is 1. The molecule has 0 fully saturated rings. The summed E-state index contributed by atoms with van der Waals surface area (Å²) in [4.78, 5) is 10.6. The molecule has 0 aliphatic rings. The molecule has 1 aromatic heterocycles. The number of aryl methyl sites for hydroxylation is 1. The van der Waals surface area contributed by atoms with Crippen LogP contribution in [0.15, 0.2) is 24.3 Å². The summed E-state index contributed by atoms with van der Waals surface area (Å²) >= 11 is 0. The summed E-state index contributed by atoms with van der Waals surface area (Å²) in [6.07, 6.45) is -0.00687. The molecule has 0 unspecified atom stereocenters. The molecule has 1 N–H and O–H groups in total. The van der Waals surface area contributed by atoms with Crippen LogP contribution in [0.4, 0.5) is 4.39 Å². The third-order valence-electron chi connectivity index (χ3n) is 2.59. The number of hydrogen-bond acceptors (Lipinski definition) is 3. The maximum atomic E-state index is 12.8. The Morgan fingerprint density at radius 1 is 1.33 bits per heavy atom. The molecule has 0 atom stereocenters. The van der Waals surface area contributed by atoms with Crippen molar-refractivity contribution < 1.29 is 14.3 Å². The molecule has 0 saturated heterocycles. The van der Waals surface area contributed by atoms with Crippen LogP contribution in [-0.4, -0.2) is 25.8 Å². The van der Waals surface area contributed by atoms with Crippen molar-refractivity contribution >= 4 is 5.97 Å². The van der Waals surface area contributed by atoms with Crippen LogP contribution >= 0.6 is 0 Å². The molecule has 2 rings (SSSR count). The van der Waals surface area contributed by atoms with Crippen LogP contribution in [0.5, 0.6) is 0 Å². The third-order valence-corrected chi connectivity index (χ3v) is 2.59. The zero-order valence-corrected chi connectivity index (χ0v) is 9.80. The lowest BCUT2D eigenvalue weighted by Gasteiger charge is -2.06. The van der Waals surface area contributed by atoms with Gasteiger partial charge in [0.1, 0.15) is 11.6 Å². The molecule has 0 saturated carbocycles. The van der Waals surface area contributed by atoms with Crippen LogP contribution in [0.1, 0.15) is 12.2 Å². The molecule has 2 aromatic rings. The summed E-state index contributed by atoms with van der Waals surface area (Å²) in [6.45, 7) is 2.04. The van der Waals surface area contributed by atoms with E-state index in [9.17, 15) is 9.18 Å². The van der Waals surface area contributed by atoms with Crippen LogP contribution < -0.4 is 0 Å². The molecule has 1 aromatic carbocycles. The maximum absolute atomic E-state index is 12.8. The summed E-state index contributed by atoms with van der Waals surface area (Å²) in [7, 11) is 0. The van der Waals surface area contributed by atoms with E-state index in [1.807, 2.05) is 0 Å². The number of rotatable bonds is 4. The van der Waals surface area contributed by atoms with E-state index < -0.39 is 5.97 Å². The molecule has 0 amide bonds. The Kier molecular flexibility index (Phi) is 3.36. The number of aromatic nitrogens is 3. The molecule has 0 radical (unpaired) electrons. The van der Waals surface area contributed by atoms with Crippen molar-refractivity contribution in [1.29, 1.82) is 0 Å². The van der Waals surface area contributed by atoms with E-state index in [1.165, 1.54) is 12.1 Å². The number of hydrogen-bond donors (Lipinski definition) is 1. The average Bonchev–Trinajstić information content (AvgIpc) is 2.69. The highest BCUT2D eigenvalue weighted by Gasteiger charge is 2.12. The Bertz CT molecular complexity index is 563. The number of halogens is 1. The number of benzene rings is 1. The smallest absolute Gasteiger partial charge is 0.305 e. The van der Waals surface area contributed by atoms with Crippen molar-refractivity contribution in [3.05, 3.63) is 35.9 Å². The quantitative estimate of drug-likeness (QED) is 0.898. The summed E-state index contributed by atoms with van der Waals surface area (Å²) in [5, 5.41) is 16.6. The number of nitrogens with zero attached hydrogens (tertiary/aromatic N) is 3. The number of carbonyl (C=O) groups is 1. The Labute approximate surface area is 103 Å². The second-order valence-electron chi connectivity index (χ2n) is 3.87. The van der Waals surface area contributed by atoms with Crippen molar-refractivity contribution in [1.82, 2.24) is 14.8 Å². The average molecular weight is 249 g/mol. The molecule has 0 spiro atoms. The Morgan fingerprint density at radius 3 is 2.61 bits per heavy atom. The molecule has 94 valence electrons. The van der Waals surface area contributed by atoms with Crippen molar-refractivity contribution in [3.8, 4) is 11.4 Å². The zero-order valence-electron chi connectivity index (χ0n) is 9.80. The van der Waals surface area contributed by atoms with Crippen molar-refractivity contribution in [2.45, 2.75) is 19.9 Å². The standard InChI is InChI=1S/C12H12FN3O2/c1-8-14-15-12(16(8)7-6-11(17)18)9-2-4-10(13)5-3-9/h2-5H,6-7H2,1H3,(H,17,18). The zero-order chi connectivity index (χ0) is 13.1. The first kappa shape index (κ1) is 12.2. The van der Waals surface area contributed by atoms with E-state index in [1.54, 1.807) is 23.6 Å². The summed E-state index contributed by atoms with van der Waals surface area (Å²) in [5.41, 5.74) is 0.711. The molecule has 6 heteroatoms. The van der Waals surface area contributed by atoms with Crippen molar-refractivity contribution in [3.63, 3.8) is 0 Å². The van der Waals surface area contributed by atoms with Gasteiger partial charge in [-0.2, -0.15) is 0 Å². The lowest BCUT2D eigenvalue weighted by molar-refractivity contribution is -0.137. The summed E-state index contributed by atoms with van der Waals surface area (Å²) in [6, 6.07) is 5.86. The fraction of sp³-hybridized carbons (Fsp3) is 0.250. The van der Waals surface area contributed by atoms with Crippen LogP contribution in [0, 0.1) is 12.7 Å². The Hall–Kier alpha value is -2.24. The second-order valence-corrected chi connectivity index (χ2v) is 3.87. The molecule has 0 aliphatic heterocycles. The minimum Gasteiger partial charge on any atom is -0.481 e. The van der Waals surface area contributed by atoms with Gasteiger partial charge in [-0.05, 0) is 31.2 Å². The molecular formula is C12H12FN3O2. The monoisotopic (exact) mass is 249 g/mol. The predicted molar refractivity (Wildman–Crippen MR) is 62.4 cm³/mol. The highest BCUT2D eigenvalue weighted by Crippen LogP contribution is 2.18. The Morgan fingerprint density at radius 2 is 2.00 bits per heavy atom. The van der Waals surface area contributed by atoms with Gasteiger partial charge in [-0.3, -0.25) is 4.79 Å². The van der Waals surface area contributed by atoms with E-state index in [0.29, 0.717) is 23.8 Å². The molecule has 5 nitrogen and oxygen atoms in total. The van der Waals surface area contributed by atoms with Gasteiger partial charge in [0.2, 0.25) is 0 Å². The van der Waals surface area contributed by atoms with Gasteiger partial charge in [0.15, 0.2) is 5.82 Å². The van der Waals surface area contributed by atoms with E-state index >= 15 is 0 Å². The second kappa shape index (κ2) is 4.95. The maximum Gasteiger partial charge on any atom is 0.305 e. The van der Waals surface area contributed by atoms with Gasteiger partial charge in [0, 0.05) is 12.1 Å². The topological polar surface area (TPSA) is 68.0 Å². The van der Waals surface area contributed by atoms with E-state index in [2.05, 4.69) is 10.2 Å². The van der Waals surface area contributed by atoms with Crippen molar-refractivity contribution in [2.24, 2.45) is 0 Å². The molecule has 1 heterocycles. The lowest BCUT2D eigenvalue weighted by Crippen LogP contribution is -2.07. The van der Waals surface area contributed by atoms with Crippen LogP contribution in [0.3, 0.4) is 0 Å². The van der Waals surface area contributed by atoms with E-state index in [0.717, 1.165) is 0 Å². The highest BCUT2D eigenvalue weighted by molar-refractivity contribution is 5.66. The summed E-state index contributed by atoms with van der Waals surface area (Å²) in [5.74, 6) is -0.0236. The molecule has 0 aliphatic carbocycles. The minimum absolute atomic E-state index is 0.00687. The van der Waals surface area contributed by atoms with Crippen LogP contribution in [0.2, 0.25) is 0 Å². The van der Waals surface area contributed by atoms with Gasteiger partial charge in [0.05, 0.1) is 6.42 Å². The normalized spacial score (nSPS) is 10.6.